The molecule has 2 N–H and O–H groups in total. The van der Waals surface area contributed by atoms with Gasteiger partial charge in [0.25, 0.3) is 0 Å². The fourth-order valence-corrected chi connectivity index (χ4v) is 2.89. The fraction of sp³-hybridized carbons (Fsp3) is 0.222. The summed E-state index contributed by atoms with van der Waals surface area (Å²) in [7, 11) is 0. The second kappa shape index (κ2) is 6.70. The zero-order valence-corrected chi connectivity index (χ0v) is 15.9. The Labute approximate surface area is 160 Å². The summed E-state index contributed by atoms with van der Waals surface area (Å²) >= 11 is 12.3. The van der Waals surface area contributed by atoms with Gasteiger partial charge >= 0.3 is 6.09 Å². The van der Waals surface area contributed by atoms with Crippen molar-refractivity contribution in [2.45, 2.75) is 26.4 Å². The number of fused-ring (bicyclic) bond motifs is 1. The van der Waals surface area contributed by atoms with Crippen molar-refractivity contribution in [2.75, 3.05) is 5.73 Å². The first-order valence-corrected chi connectivity index (χ1v) is 8.52. The van der Waals surface area contributed by atoms with E-state index in [0.29, 0.717) is 32.5 Å². The Hall–Kier alpha value is -2.44. The highest BCUT2D eigenvalue weighted by atomic mass is 35.5. The van der Waals surface area contributed by atoms with Gasteiger partial charge in [-0.1, -0.05) is 23.2 Å². The normalized spacial score (nSPS) is 11.6. The first-order valence-electron chi connectivity index (χ1n) is 7.77. The van der Waals surface area contributed by atoms with Crippen molar-refractivity contribution in [2.24, 2.45) is 0 Å². The maximum atomic E-state index is 12.3. The molecule has 0 spiro atoms. The lowest BCUT2D eigenvalue weighted by Gasteiger charge is -2.19. The van der Waals surface area contributed by atoms with Crippen molar-refractivity contribution >= 4 is 46.0 Å². The van der Waals surface area contributed by atoms with Gasteiger partial charge in [0.05, 0.1) is 16.2 Å². The molecule has 2 aromatic heterocycles. The summed E-state index contributed by atoms with van der Waals surface area (Å²) in [4.78, 5) is 16.5. The van der Waals surface area contributed by atoms with E-state index in [4.69, 9.17) is 38.4 Å². The maximum Gasteiger partial charge on any atom is 0.420 e. The Morgan fingerprint density at radius 3 is 2.46 bits per heavy atom. The predicted octanol–water partition coefficient (Wildman–Crippen LogP) is 5.50. The number of nitrogens with two attached hydrogens (primary N) is 1. The standard InChI is InChI=1S/C18H17Cl2N3O3/c1-18(2,3)26-17(24)23-5-4-10-6-12(9-22-16(10)23)25-15-13(19)7-11(21)8-14(15)20/h4-9H,21H2,1-3H3. The van der Waals surface area contributed by atoms with E-state index in [9.17, 15) is 4.79 Å². The molecule has 0 aliphatic heterocycles. The van der Waals surface area contributed by atoms with E-state index in [2.05, 4.69) is 4.98 Å². The largest absolute Gasteiger partial charge is 0.453 e. The Morgan fingerprint density at radius 1 is 1.19 bits per heavy atom. The van der Waals surface area contributed by atoms with Crippen molar-refractivity contribution in [1.82, 2.24) is 9.55 Å². The van der Waals surface area contributed by atoms with E-state index < -0.39 is 11.7 Å². The summed E-state index contributed by atoms with van der Waals surface area (Å²) in [5.41, 5.74) is 5.99. The Bertz CT molecular complexity index is 970. The molecule has 0 saturated carbocycles. The zero-order valence-electron chi connectivity index (χ0n) is 14.4. The average molecular weight is 394 g/mol. The molecule has 6 nitrogen and oxygen atoms in total. The molecule has 0 amide bonds. The molecule has 0 unspecified atom stereocenters. The number of hydrogen-bond donors (Lipinski definition) is 1. The van der Waals surface area contributed by atoms with Crippen LogP contribution >= 0.6 is 23.2 Å². The van der Waals surface area contributed by atoms with Gasteiger partial charge in [-0.25, -0.2) is 14.3 Å². The topological polar surface area (TPSA) is 79.4 Å². The number of rotatable bonds is 2. The Kier molecular flexibility index (Phi) is 4.73. The molecule has 3 aromatic rings. The van der Waals surface area contributed by atoms with E-state index in [1.807, 2.05) is 0 Å². The van der Waals surface area contributed by atoms with Gasteiger partial charge in [0.1, 0.15) is 17.0 Å². The van der Waals surface area contributed by atoms with Gasteiger partial charge in [-0.05, 0) is 45.0 Å². The number of carbonyl (C=O) groups is 1. The summed E-state index contributed by atoms with van der Waals surface area (Å²) in [5.74, 6) is 0.711. The molecule has 0 radical (unpaired) electrons. The van der Waals surface area contributed by atoms with Gasteiger partial charge in [0, 0.05) is 17.3 Å². The molecule has 2 heterocycles. The van der Waals surface area contributed by atoms with Crippen molar-refractivity contribution in [1.29, 1.82) is 0 Å². The lowest BCUT2D eigenvalue weighted by molar-refractivity contribution is 0.0543. The van der Waals surface area contributed by atoms with Crippen LogP contribution < -0.4 is 10.5 Å². The lowest BCUT2D eigenvalue weighted by Crippen LogP contribution is -2.26. The Morgan fingerprint density at radius 2 is 1.85 bits per heavy atom. The highest BCUT2D eigenvalue weighted by molar-refractivity contribution is 6.37. The van der Waals surface area contributed by atoms with E-state index in [1.54, 1.807) is 51.2 Å². The van der Waals surface area contributed by atoms with Crippen molar-refractivity contribution in [3.63, 3.8) is 0 Å². The fourth-order valence-electron chi connectivity index (χ4n) is 2.31. The van der Waals surface area contributed by atoms with Gasteiger partial charge in [-0.15, -0.1) is 0 Å². The molecule has 3 rings (SSSR count). The predicted molar refractivity (Wildman–Crippen MR) is 102 cm³/mol. The summed E-state index contributed by atoms with van der Waals surface area (Å²) in [6.45, 7) is 5.40. The molecule has 0 saturated heterocycles. The molecule has 26 heavy (non-hydrogen) atoms. The third-order valence-corrected chi connectivity index (χ3v) is 3.89. The van der Waals surface area contributed by atoms with Gasteiger partial charge in [0.2, 0.25) is 0 Å². The number of benzene rings is 1. The molecular formula is C18H17Cl2N3O3. The first kappa shape index (κ1) is 18.4. The van der Waals surface area contributed by atoms with Crippen molar-refractivity contribution in [3.8, 4) is 11.5 Å². The van der Waals surface area contributed by atoms with Crippen LogP contribution in [0, 0.1) is 0 Å². The molecule has 0 aliphatic carbocycles. The molecule has 0 fully saturated rings. The summed E-state index contributed by atoms with van der Waals surface area (Å²) in [6.07, 6.45) is 2.57. The van der Waals surface area contributed by atoms with E-state index >= 15 is 0 Å². The molecule has 0 atom stereocenters. The minimum absolute atomic E-state index is 0.287. The minimum atomic E-state index is -0.598. The number of halogens is 2. The Balaban J connectivity index is 1.91. The zero-order chi connectivity index (χ0) is 19.1. The van der Waals surface area contributed by atoms with Crippen LogP contribution in [0.4, 0.5) is 10.5 Å². The highest BCUT2D eigenvalue weighted by Gasteiger charge is 2.20. The summed E-state index contributed by atoms with van der Waals surface area (Å²) in [6, 6.07) is 6.57. The number of pyridine rings is 1. The third kappa shape index (κ3) is 3.86. The molecule has 1 aromatic carbocycles. The molecule has 8 heteroatoms. The van der Waals surface area contributed by atoms with Crippen LogP contribution in [0.5, 0.6) is 11.5 Å². The van der Waals surface area contributed by atoms with Crippen LogP contribution in [-0.4, -0.2) is 21.2 Å². The molecular weight excluding hydrogens is 377 g/mol. The third-order valence-electron chi connectivity index (χ3n) is 3.33. The van der Waals surface area contributed by atoms with Gasteiger partial charge < -0.3 is 15.2 Å². The van der Waals surface area contributed by atoms with Gasteiger partial charge in [-0.2, -0.15) is 0 Å². The maximum absolute atomic E-state index is 12.3. The second-order valence-corrected chi connectivity index (χ2v) is 7.48. The van der Waals surface area contributed by atoms with Crippen LogP contribution in [0.25, 0.3) is 11.0 Å². The van der Waals surface area contributed by atoms with E-state index in [0.717, 1.165) is 0 Å². The summed E-state index contributed by atoms with van der Waals surface area (Å²) in [5, 5.41) is 1.29. The van der Waals surface area contributed by atoms with Gasteiger partial charge in [0.15, 0.2) is 5.75 Å². The SMILES string of the molecule is CC(C)(C)OC(=O)n1ccc2cc(Oc3c(Cl)cc(N)cc3Cl)cnc21. The average Bonchev–Trinajstić information content (AvgIpc) is 2.92. The van der Waals surface area contributed by atoms with Crippen LogP contribution in [-0.2, 0) is 4.74 Å². The first-order chi connectivity index (χ1) is 12.1. The number of carbonyl (C=O) groups excluding carboxylic acids is 1. The summed E-state index contributed by atoms with van der Waals surface area (Å²) < 4.78 is 12.5. The lowest BCUT2D eigenvalue weighted by atomic mass is 10.2. The van der Waals surface area contributed by atoms with Crippen LogP contribution in [0.3, 0.4) is 0 Å². The highest BCUT2D eigenvalue weighted by Crippen LogP contribution is 2.38. The van der Waals surface area contributed by atoms with Crippen molar-refractivity contribution in [3.05, 3.63) is 46.7 Å². The van der Waals surface area contributed by atoms with E-state index in [1.165, 1.54) is 10.8 Å². The van der Waals surface area contributed by atoms with Crippen LogP contribution in [0.15, 0.2) is 36.7 Å². The van der Waals surface area contributed by atoms with E-state index in [-0.39, 0.29) is 5.75 Å². The molecule has 0 aliphatic rings. The number of ether oxygens (including phenoxy) is 2. The number of anilines is 1. The minimum Gasteiger partial charge on any atom is -0.453 e. The number of nitrogen functional groups attached to an aromatic ring is 1. The molecule has 0 bridgehead atoms. The van der Waals surface area contributed by atoms with Gasteiger partial charge in [-0.3, -0.25) is 0 Å². The quantitative estimate of drug-likeness (QED) is 0.581. The van der Waals surface area contributed by atoms with Crippen LogP contribution in [0.2, 0.25) is 10.0 Å². The molecule has 136 valence electrons. The monoisotopic (exact) mass is 393 g/mol. The number of hydrogen-bond acceptors (Lipinski definition) is 5. The number of nitrogens with zero attached hydrogens (tertiary/aromatic N) is 2. The number of aromatic nitrogens is 2. The van der Waals surface area contributed by atoms with Crippen LogP contribution in [0.1, 0.15) is 20.8 Å². The van der Waals surface area contributed by atoms with Crippen molar-refractivity contribution < 1.29 is 14.3 Å². The smallest absolute Gasteiger partial charge is 0.420 e. The second-order valence-electron chi connectivity index (χ2n) is 6.67.